The molecule has 0 radical (unpaired) electrons. The Balaban J connectivity index is 1.66. The lowest BCUT2D eigenvalue weighted by Crippen LogP contribution is -2.46. The fourth-order valence-corrected chi connectivity index (χ4v) is 2.54. The summed E-state index contributed by atoms with van der Waals surface area (Å²) >= 11 is 0. The van der Waals surface area contributed by atoms with E-state index in [2.05, 4.69) is 5.32 Å². The average Bonchev–Trinajstić information content (AvgIpc) is 3.34. The van der Waals surface area contributed by atoms with Crippen LogP contribution in [0.4, 0.5) is 0 Å². The first-order valence-corrected chi connectivity index (χ1v) is 7.88. The maximum atomic E-state index is 12.3. The van der Waals surface area contributed by atoms with Crippen LogP contribution >= 0.6 is 0 Å². The number of hydrogen-bond donors (Lipinski definition) is 1. The molecule has 1 aliphatic carbocycles. The van der Waals surface area contributed by atoms with Gasteiger partial charge in [-0.15, -0.1) is 0 Å². The Morgan fingerprint density at radius 2 is 1.67 bits per heavy atom. The summed E-state index contributed by atoms with van der Waals surface area (Å²) in [7, 11) is 0. The van der Waals surface area contributed by atoms with Gasteiger partial charge in [0.15, 0.2) is 6.10 Å². The Kier molecular flexibility index (Phi) is 4.09. The van der Waals surface area contributed by atoms with E-state index in [0.29, 0.717) is 0 Å². The monoisotopic (exact) mass is 330 g/mol. The number of nitrogens with zero attached hydrogens (tertiary/aromatic N) is 1. The molecule has 3 rings (SSSR count). The Morgan fingerprint density at radius 1 is 1.12 bits per heavy atom. The third-order valence-corrected chi connectivity index (χ3v) is 4.14. The van der Waals surface area contributed by atoms with Crippen LogP contribution in [0.5, 0.6) is 0 Å². The van der Waals surface area contributed by atoms with Gasteiger partial charge in [-0.1, -0.05) is 12.1 Å². The first kappa shape index (κ1) is 16.2. The van der Waals surface area contributed by atoms with Gasteiger partial charge >= 0.3 is 5.97 Å². The lowest BCUT2D eigenvalue weighted by Gasteiger charge is -2.22. The summed E-state index contributed by atoms with van der Waals surface area (Å²) in [6, 6.07) is 5.45. The predicted molar refractivity (Wildman–Crippen MR) is 83.1 cm³/mol. The quantitative estimate of drug-likeness (QED) is 0.639. The van der Waals surface area contributed by atoms with Crippen LogP contribution in [0.2, 0.25) is 0 Å². The fraction of sp³-hybridized carbons (Fsp3) is 0.412. The maximum Gasteiger partial charge on any atom is 0.329 e. The Labute approximate surface area is 139 Å². The summed E-state index contributed by atoms with van der Waals surface area (Å²) in [6.45, 7) is 2.88. The lowest BCUT2D eigenvalue weighted by atomic mass is 10.1. The first-order valence-electron chi connectivity index (χ1n) is 7.88. The van der Waals surface area contributed by atoms with Gasteiger partial charge in [0.1, 0.15) is 6.04 Å². The highest BCUT2D eigenvalue weighted by Crippen LogP contribution is 2.25. The van der Waals surface area contributed by atoms with Crippen molar-refractivity contribution in [1.29, 1.82) is 0 Å². The Bertz CT molecular complexity index is 690. The van der Waals surface area contributed by atoms with E-state index in [1.54, 1.807) is 24.3 Å². The molecule has 0 bridgehead atoms. The molecule has 24 heavy (non-hydrogen) atoms. The molecule has 3 amide bonds. The number of carbonyl (C=O) groups excluding carboxylic acids is 4. The van der Waals surface area contributed by atoms with Crippen molar-refractivity contribution in [2.24, 2.45) is 0 Å². The van der Waals surface area contributed by atoms with E-state index >= 15 is 0 Å². The normalized spacial score (nSPS) is 18.8. The maximum absolute atomic E-state index is 12.3. The van der Waals surface area contributed by atoms with E-state index in [1.165, 1.54) is 13.8 Å². The molecule has 1 saturated carbocycles. The lowest BCUT2D eigenvalue weighted by molar-refractivity contribution is -0.158. The van der Waals surface area contributed by atoms with Gasteiger partial charge in [-0.2, -0.15) is 0 Å². The highest BCUT2D eigenvalue weighted by Gasteiger charge is 2.41. The minimum atomic E-state index is -1.10. The SMILES string of the molecule is C[C@H](OC(=O)[C@H](C)N1C(=O)c2ccccc2C1=O)C(=O)NC1CC1. The number of ether oxygens (including phenoxy) is 1. The molecule has 1 N–H and O–H groups in total. The van der Waals surface area contributed by atoms with Crippen LogP contribution in [0.3, 0.4) is 0 Å². The van der Waals surface area contributed by atoms with Crippen molar-refractivity contribution in [2.75, 3.05) is 0 Å². The van der Waals surface area contributed by atoms with Crippen LogP contribution in [0.25, 0.3) is 0 Å². The summed E-state index contributed by atoms with van der Waals surface area (Å²) in [5, 5.41) is 2.74. The number of amides is 3. The number of benzene rings is 1. The second kappa shape index (κ2) is 6.07. The molecule has 0 aromatic heterocycles. The van der Waals surface area contributed by atoms with Crippen LogP contribution in [-0.2, 0) is 14.3 Å². The van der Waals surface area contributed by atoms with Gasteiger partial charge in [0, 0.05) is 6.04 Å². The summed E-state index contributed by atoms with van der Waals surface area (Å²) in [5.74, 6) is -2.23. The first-order chi connectivity index (χ1) is 11.4. The molecular formula is C17H18N2O5. The van der Waals surface area contributed by atoms with E-state index in [0.717, 1.165) is 17.7 Å². The van der Waals surface area contributed by atoms with Crippen molar-refractivity contribution < 1.29 is 23.9 Å². The predicted octanol–water partition coefficient (Wildman–Crippen LogP) is 0.881. The second-order valence-electron chi connectivity index (χ2n) is 6.06. The molecule has 2 atom stereocenters. The van der Waals surface area contributed by atoms with Gasteiger partial charge in [0.25, 0.3) is 17.7 Å². The molecule has 7 nitrogen and oxygen atoms in total. The van der Waals surface area contributed by atoms with Gasteiger partial charge in [-0.25, -0.2) is 4.79 Å². The Hall–Kier alpha value is -2.70. The zero-order valence-corrected chi connectivity index (χ0v) is 13.4. The summed E-state index contributed by atoms with van der Waals surface area (Å²) in [4.78, 5) is 49.6. The smallest absolute Gasteiger partial charge is 0.329 e. The fourth-order valence-electron chi connectivity index (χ4n) is 2.54. The highest BCUT2D eigenvalue weighted by molar-refractivity contribution is 6.22. The van der Waals surface area contributed by atoms with Crippen molar-refractivity contribution in [3.8, 4) is 0 Å². The molecule has 7 heteroatoms. The second-order valence-corrected chi connectivity index (χ2v) is 6.06. The highest BCUT2D eigenvalue weighted by atomic mass is 16.5. The van der Waals surface area contributed by atoms with Gasteiger partial charge < -0.3 is 10.1 Å². The number of nitrogens with one attached hydrogen (secondary N) is 1. The number of carbonyl (C=O) groups is 4. The molecule has 2 aliphatic rings. The average molecular weight is 330 g/mol. The number of imide groups is 1. The molecule has 0 spiro atoms. The van der Waals surface area contributed by atoms with E-state index in [9.17, 15) is 19.2 Å². The topological polar surface area (TPSA) is 92.8 Å². The third kappa shape index (κ3) is 2.89. The van der Waals surface area contributed by atoms with Gasteiger partial charge in [-0.3, -0.25) is 19.3 Å². The van der Waals surface area contributed by atoms with E-state index in [1.807, 2.05) is 0 Å². The van der Waals surface area contributed by atoms with E-state index in [4.69, 9.17) is 4.74 Å². The molecule has 1 aromatic rings. The largest absolute Gasteiger partial charge is 0.451 e. The van der Waals surface area contributed by atoms with Crippen LogP contribution in [0, 0.1) is 0 Å². The van der Waals surface area contributed by atoms with Crippen LogP contribution < -0.4 is 5.32 Å². The summed E-state index contributed by atoms with van der Waals surface area (Å²) in [5.41, 5.74) is 0.531. The van der Waals surface area contributed by atoms with Crippen molar-refractivity contribution in [3.05, 3.63) is 35.4 Å². The van der Waals surface area contributed by atoms with Crippen LogP contribution in [0.15, 0.2) is 24.3 Å². The molecule has 1 fully saturated rings. The minimum Gasteiger partial charge on any atom is -0.451 e. The molecule has 1 aromatic carbocycles. The standard InChI is InChI=1S/C17H18N2O5/c1-9(17(23)24-10(2)14(20)18-11-7-8-11)19-15(21)12-5-3-4-6-13(12)16(19)22/h3-6,9-11H,7-8H2,1-2H3,(H,18,20)/t9-,10-/m0/s1. The molecular weight excluding hydrogens is 312 g/mol. The number of fused-ring (bicyclic) bond motifs is 1. The van der Waals surface area contributed by atoms with Crippen molar-refractivity contribution in [3.63, 3.8) is 0 Å². The molecule has 0 saturated heterocycles. The molecule has 126 valence electrons. The number of rotatable bonds is 5. The van der Waals surface area contributed by atoms with Gasteiger partial charge in [0.05, 0.1) is 11.1 Å². The van der Waals surface area contributed by atoms with E-state index in [-0.39, 0.29) is 23.1 Å². The van der Waals surface area contributed by atoms with Gasteiger partial charge in [-0.05, 0) is 38.8 Å². The number of hydrogen-bond acceptors (Lipinski definition) is 5. The van der Waals surface area contributed by atoms with E-state index < -0.39 is 29.9 Å². The van der Waals surface area contributed by atoms with Crippen LogP contribution in [0.1, 0.15) is 47.4 Å². The van der Waals surface area contributed by atoms with Crippen LogP contribution in [-0.4, -0.2) is 46.8 Å². The molecule has 1 aliphatic heterocycles. The summed E-state index contributed by atoms with van der Waals surface area (Å²) in [6.07, 6.45) is 0.881. The van der Waals surface area contributed by atoms with Crippen molar-refractivity contribution in [2.45, 2.75) is 44.9 Å². The zero-order valence-electron chi connectivity index (χ0n) is 13.4. The van der Waals surface area contributed by atoms with Crippen molar-refractivity contribution >= 4 is 23.7 Å². The minimum absolute atomic E-state index is 0.160. The Morgan fingerprint density at radius 3 is 2.17 bits per heavy atom. The van der Waals surface area contributed by atoms with Crippen molar-refractivity contribution in [1.82, 2.24) is 10.2 Å². The summed E-state index contributed by atoms with van der Waals surface area (Å²) < 4.78 is 5.11. The molecule has 1 heterocycles. The van der Waals surface area contributed by atoms with Gasteiger partial charge in [0.2, 0.25) is 0 Å². The molecule has 0 unspecified atom stereocenters. The number of esters is 1. The zero-order chi connectivity index (χ0) is 17.4. The third-order valence-electron chi connectivity index (χ3n) is 4.14.